The van der Waals surface area contributed by atoms with Crippen molar-refractivity contribution in [3.05, 3.63) is 96.2 Å². The van der Waals surface area contributed by atoms with Crippen LogP contribution in [0.4, 0.5) is 0 Å². The van der Waals surface area contributed by atoms with Crippen LogP contribution in [0.5, 0.6) is 11.5 Å². The minimum absolute atomic E-state index is 0.104. The predicted molar refractivity (Wildman–Crippen MR) is 128 cm³/mol. The minimum Gasteiger partial charge on any atom is -0.507 e. The van der Waals surface area contributed by atoms with Gasteiger partial charge in [-0.1, -0.05) is 37.3 Å². The lowest BCUT2D eigenvalue weighted by Gasteiger charge is -2.05. The molecule has 0 aliphatic heterocycles. The highest BCUT2D eigenvalue weighted by atomic mass is 16.5. The van der Waals surface area contributed by atoms with Crippen LogP contribution in [0.25, 0.3) is 16.9 Å². The molecule has 0 saturated heterocycles. The van der Waals surface area contributed by atoms with E-state index in [2.05, 4.69) is 17.5 Å². The predicted octanol–water partition coefficient (Wildman–Crippen LogP) is 4.80. The Morgan fingerprint density at radius 2 is 1.79 bits per heavy atom. The maximum absolute atomic E-state index is 12.3. The van der Waals surface area contributed by atoms with Gasteiger partial charge in [0.2, 0.25) is 0 Å². The van der Waals surface area contributed by atoms with Crippen molar-refractivity contribution in [2.24, 2.45) is 5.10 Å². The number of aromatic nitrogens is 2. The number of carbonyl (C=O) groups is 1. The molecule has 0 aliphatic rings. The molecule has 0 unspecified atom stereocenters. The molecule has 1 aromatic heterocycles. The summed E-state index contributed by atoms with van der Waals surface area (Å²) in [6.07, 6.45) is 4.33. The molecule has 0 radical (unpaired) electrons. The number of hydrazone groups is 1. The summed E-state index contributed by atoms with van der Waals surface area (Å²) >= 11 is 0. The van der Waals surface area contributed by atoms with Gasteiger partial charge in [-0.25, -0.2) is 10.1 Å². The van der Waals surface area contributed by atoms with Crippen LogP contribution in [-0.2, 0) is 0 Å². The molecule has 4 rings (SSSR count). The van der Waals surface area contributed by atoms with E-state index in [1.165, 1.54) is 12.1 Å². The lowest BCUT2D eigenvalue weighted by atomic mass is 10.1. The maximum atomic E-state index is 12.3. The summed E-state index contributed by atoms with van der Waals surface area (Å²) in [7, 11) is 0. The highest BCUT2D eigenvalue weighted by Gasteiger charge is 2.13. The molecule has 2 N–H and O–H groups in total. The van der Waals surface area contributed by atoms with Crippen molar-refractivity contribution in [1.29, 1.82) is 0 Å². The van der Waals surface area contributed by atoms with Crippen molar-refractivity contribution in [3.63, 3.8) is 0 Å². The number of carbonyl (C=O) groups excluding carboxylic acids is 1. The SMILES string of the molecule is CCCOc1ccc(-c2nn(-c3ccccc3)cc2C=NNC(=O)c2ccccc2O)cc1. The third-order valence-electron chi connectivity index (χ3n) is 4.88. The number of nitrogens with zero attached hydrogens (tertiary/aromatic N) is 3. The Morgan fingerprint density at radius 1 is 1.06 bits per heavy atom. The molecule has 0 saturated carbocycles. The Kier molecular flexibility index (Phi) is 6.80. The molecule has 1 heterocycles. The van der Waals surface area contributed by atoms with Gasteiger partial charge in [-0.05, 0) is 55.0 Å². The topological polar surface area (TPSA) is 88.7 Å². The Morgan fingerprint density at radius 3 is 2.52 bits per heavy atom. The van der Waals surface area contributed by atoms with Crippen molar-refractivity contribution < 1.29 is 14.6 Å². The smallest absolute Gasteiger partial charge is 0.275 e. The summed E-state index contributed by atoms with van der Waals surface area (Å²) in [5.74, 6) is 0.195. The van der Waals surface area contributed by atoms with Gasteiger partial charge in [0.15, 0.2) is 0 Å². The monoisotopic (exact) mass is 440 g/mol. The number of nitrogens with one attached hydrogen (secondary N) is 1. The second-order valence-corrected chi connectivity index (χ2v) is 7.30. The van der Waals surface area contributed by atoms with Crippen LogP contribution in [0, 0.1) is 0 Å². The van der Waals surface area contributed by atoms with Crippen LogP contribution in [0.2, 0.25) is 0 Å². The van der Waals surface area contributed by atoms with Gasteiger partial charge in [-0.3, -0.25) is 4.79 Å². The Labute approximate surface area is 192 Å². The molecule has 0 spiro atoms. The van der Waals surface area contributed by atoms with Crippen LogP contribution in [-0.4, -0.2) is 33.6 Å². The van der Waals surface area contributed by atoms with Crippen molar-refractivity contribution in [1.82, 2.24) is 15.2 Å². The first kappa shape index (κ1) is 21.8. The molecule has 3 aromatic carbocycles. The van der Waals surface area contributed by atoms with Crippen molar-refractivity contribution in [3.8, 4) is 28.4 Å². The van der Waals surface area contributed by atoms with Gasteiger partial charge in [-0.2, -0.15) is 10.2 Å². The number of rotatable bonds is 8. The summed E-state index contributed by atoms with van der Waals surface area (Å²) in [5.41, 5.74) is 5.84. The quantitative estimate of drug-likeness (QED) is 0.304. The minimum atomic E-state index is -0.501. The van der Waals surface area contributed by atoms with E-state index in [9.17, 15) is 9.90 Å². The zero-order chi connectivity index (χ0) is 23.0. The molecular formula is C26H24N4O3. The Hall–Kier alpha value is -4.39. The van der Waals surface area contributed by atoms with Gasteiger partial charge in [0.05, 0.1) is 24.1 Å². The van der Waals surface area contributed by atoms with E-state index in [4.69, 9.17) is 9.84 Å². The van der Waals surface area contributed by atoms with Gasteiger partial charge >= 0.3 is 0 Å². The average Bonchev–Trinajstić information content (AvgIpc) is 3.28. The lowest BCUT2D eigenvalue weighted by molar-refractivity contribution is 0.0952. The number of para-hydroxylation sites is 2. The van der Waals surface area contributed by atoms with Gasteiger partial charge < -0.3 is 9.84 Å². The van der Waals surface area contributed by atoms with E-state index < -0.39 is 5.91 Å². The number of phenolic OH excluding ortho intramolecular Hbond substituents is 1. The zero-order valence-electron chi connectivity index (χ0n) is 18.2. The van der Waals surface area contributed by atoms with Crippen LogP contribution >= 0.6 is 0 Å². The zero-order valence-corrected chi connectivity index (χ0v) is 18.2. The second-order valence-electron chi connectivity index (χ2n) is 7.30. The summed E-state index contributed by atoms with van der Waals surface area (Å²) in [6.45, 7) is 2.73. The van der Waals surface area contributed by atoms with E-state index in [0.717, 1.165) is 29.0 Å². The number of hydrogen-bond acceptors (Lipinski definition) is 5. The number of amides is 1. The van der Waals surface area contributed by atoms with Crippen molar-refractivity contribution in [2.45, 2.75) is 13.3 Å². The molecule has 0 aliphatic carbocycles. The lowest BCUT2D eigenvalue weighted by Crippen LogP contribution is -2.17. The Balaban J connectivity index is 1.62. The molecule has 7 nitrogen and oxygen atoms in total. The van der Waals surface area contributed by atoms with E-state index in [1.807, 2.05) is 60.8 Å². The van der Waals surface area contributed by atoms with E-state index in [1.54, 1.807) is 23.0 Å². The van der Waals surface area contributed by atoms with Crippen LogP contribution in [0.3, 0.4) is 0 Å². The molecule has 0 fully saturated rings. The third-order valence-corrected chi connectivity index (χ3v) is 4.88. The van der Waals surface area contributed by atoms with E-state index >= 15 is 0 Å². The fourth-order valence-corrected chi connectivity index (χ4v) is 3.23. The number of aromatic hydroxyl groups is 1. The number of ether oxygens (including phenoxy) is 1. The highest BCUT2D eigenvalue weighted by molar-refractivity contribution is 5.97. The Bertz CT molecular complexity index is 1250. The van der Waals surface area contributed by atoms with Gasteiger partial charge in [0.25, 0.3) is 5.91 Å². The summed E-state index contributed by atoms with van der Waals surface area (Å²) < 4.78 is 7.44. The maximum Gasteiger partial charge on any atom is 0.275 e. The molecule has 33 heavy (non-hydrogen) atoms. The first-order chi connectivity index (χ1) is 16.2. The number of hydrogen-bond donors (Lipinski definition) is 2. The molecule has 1 amide bonds. The molecular weight excluding hydrogens is 416 g/mol. The average molecular weight is 441 g/mol. The molecule has 166 valence electrons. The van der Waals surface area contributed by atoms with Gasteiger partial charge in [-0.15, -0.1) is 0 Å². The summed E-state index contributed by atoms with van der Waals surface area (Å²) in [4.78, 5) is 12.3. The number of phenols is 1. The van der Waals surface area contributed by atoms with Gasteiger partial charge in [0.1, 0.15) is 17.2 Å². The second kappa shape index (κ2) is 10.3. The van der Waals surface area contributed by atoms with Crippen LogP contribution in [0.1, 0.15) is 29.3 Å². The number of benzene rings is 3. The standard InChI is InChI=1S/C26H24N4O3/c1-2-16-33-22-14-12-19(13-15-22)25-20(18-30(29-25)21-8-4-3-5-9-21)17-27-28-26(32)23-10-6-7-11-24(23)31/h3-15,17-18,31H,2,16H2,1H3,(H,28,32). The normalized spacial score (nSPS) is 10.9. The molecule has 4 aromatic rings. The fraction of sp³-hybridized carbons (Fsp3) is 0.115. The molecule has 7 heteroatoms. The largest absolute Gasteiger partial charge is 0.507 e. The van der Waals surface area contributed by atoms with Crippen LogP contribution < -0.4 is 10.2 Å². The molecule has 0 atom stereocenters. The van der Waals surface area contributed by atoms with Crippen molar-refractivity contribution >= 4 is 12.1 Å². The van der Waals surface area contributed by atoms with E-state index in [-0.39, 0.29) is 11.3 Å². The summed E-state index contributed by atoms with van der Waals surface area (Å²) in [5, 5.41) is 18.7. The molecule has 0 bridgehead atoms. The first-order valence-corrected chi connectivity index (χ1v) is 10.7. The first-order valence-electron chi connectivity index (χ1n) is 10.7. The van der Waals surface area contributed by atoms with Crippen molar-refractivity contribution in [2.75, 3.05) is 6.61 Å². The van der Waals surface area contributed by atoms with E-state index in [0.29, 0.717) is 12.3 Å². The highest BCUT2D eigenvalue weighted by Crippen LogP contribution is 2.25. The fourth-order valence-electron chi connectivity index (χ4n) is 3.23. The van der Waals surface area contributed by atoms with Gasteiger partial charge in [0, 0.05) is 17.3 Å². The van der Waals surface area contributed by atoms with Crippen LogP contribution in [0.15, 0.2) is 90.2 Å². The summed E-state index contributed by atoms with van der Waals surface area (Å²) in [6, 6.07) is 23.8. The third kappa shape index (κ3) is 5.27.